The summed E-state index contributed by atoms with van der Waals surface area (Å²) in [5, 5.41) is 13.7. The largest absolute Gasteiger partial charge is 0.392 e. The van der Waals surface area contributed by atoms with Gasteiger partial charge in [-0.05, 0) is 26.2 Å². The normalized spacial score (nSPS) is 27.7. The Balaban J connectivity index is 2.16. The van der Waals surface area contributed by atoms with Crippen LogP contribution in [0.1, 0.15) is 78.1 Å². The van der Waals surface area contributed by atoms with E-state index in [1.807, 2.05) is 0 Å². The van der Waals surface area contributed by atoms with E-state index in [9.17, 15) is 5.11 Å². The van der Waals surface area contributed by atoms with E-state index in [1.165, 1.54) is 51.4 Å². The van der Waals surface area contributed by atoms with Crippen LogP contribution in [0.15, 0.2) is 0 Å². The van der Waals surface area contributed by atoms with Crippen molar-refractivity contribution in [2.24, 2.45) is 0 Å². The lowest BCUT2D eigenvalue weighted by atomic mass is 10.0. The van der Waals surface area contributed by atoms with Gasteiger partial charge in [0.2, 0.25) is 0 Å². The molecule has 1 aliphatic rings. The molecule has 0 heterocycles. The molecule has 1 aliphatic carbocycles. The van der Waals surface area contributed by atoms with Gasteiger partial charge >= 0.3 is 0 Å². The van der Waals surface area contributed by atoms with Crippen molar-refractivity contribution in [2.45, 2.75) is 96.2 Å². The fourth-order valence-corrected chi connectivity index (χ4v) is 2.81. The van der Waals surface area contributed by atoms with Crippen molar-refractivity contribution >= 4 is 0 Å². The van der Waals surface area contributed by atoms with E-state index in [2.05, 4.69) is 19.2 Å². The Morgan fingerprint density at radius 2 is 1.88 bits per heavy atom. The number of hydrogen-bond donors (Lipinski definition) is 2. The fourth-order valence-electron chi connectivity index (χ4n) is 2.81. The molecule has 2 nitrogen and oxygen atoms in total. The maximum atomic E-state index is 10.0. The lowest BCUT2D eigenvalue weighted by Crippen LogP contribution is -2.43. The zero-order valence-electron chi connectivity index (χ0n) is 11.8. The average molecular weight is 241 g/mol. The van der Waals surface area contributed by atoms with Crippen molar-refractivity contribution < 1.29 is 5.11 Å². The highest BCUT2D eigenvalue weighted by Gasteiger charge is 2.22. The summed E-state index contributed by atoms with van der Waals surface area (Å²) in [6.07, 6.45) is 12.4. The van der Waals surface area contributed by atoms with Crippen LogP contribution in [0.2, 0.25) is 0 Å². The molecule has 0 aliphatic heterocycles. The van der Waals surface area contributed by atoms with Gasteiger partial charge < -0.3 is 10.4 Å². The second-order valence-electron chi connectivity index (χ2n) is 5.73. The minimum absolute atomic E-state index is 0.115. The van der Waals surface area contributed by atoms with E-state index in [4.69, 9.17) is 0 Å². The first-order valence-corrected chi connectivity index (χ1v) is 7.68. The Morgan fingerprint density at radius 1 is 1.12 bits per heavy atom. The van der Waals surface area contributed by atoms with Crippen molar-refractivity contribution in [1.82, 2.24) is 5.32 Å². The Labute approximate surface area is 107 Å². The van der Waals surface area contributed by atoms with Crippen LogP contribution in [0.25, 0.3) is 0 Å². The van der Waals surface area contributed by atoms with Crippen LogP contribution in [0, 0.1) is 0 Å². The fraction of sp³-hybridized carbons (Fsp3) is 1.00. The molecular weight excluding hydrogens is 210 g/mol. The molecule has 17 heavy (non-hydrogen) atoms. The van der Waals surface area contributed by atoms with Crippen LogP contribution in [-0.2, 0) is 0 Å². The average Bonchev–Trinajstić information content (AvgIpc) is 2.51. The molecule has 0 aromatic rings. The second-order valence-corrected chi connectivity index (χ2v) is 5.73. The molecule has 102 valence electrons. The quantitative estimate of drug-likeness (QED) is 0.527. The molecule has 0 aromatic heterocycles. The predicted molar refractivity (Wildman–Crippen MR) is 74.2 cm³/mol. The highest BCUT2D eigenvalue weighted by Crippen LogP contribution is 2.19. The van der Waals surface area contributed by atoms with Crippen LogP contribution >= 0.6 is 0 Å². The van der Waals surface area contributed by atoms with Crippen LogP contribution in [0.5, 0.6) is 0 Å². The summed E-state index contributed by atoms with van der Waals surface area (Å²) in [6, 6.07) is 0.906. The van der Waals surface area contributed by atoms with E-state index in [1.54, 1.807) is 0 Å². The molecule has 0 radical (unpaired) electrons. The first kappa shape index (κ1) is 15.0. The van der Waals surface area contributed by atoms with Gasteiger partial charge in [-0.15, -0.1) is 0 Å². The van der Waals surface area contributed by atoms with Gasteiger partial charge in [-0.2, -0.15) is 0 Å². The Bertz CT molecular complexity index is 184. The smallest absolute Gasteiger partial charge is 0.0693 e. The minimum atomic E-state index is -0.115. The second kappa shape index (κ2) is 8.93. The molecule has 1 fully saturated rings. The number of unbranched alkanes of at least 4 members (excludes halogenated alkanes) is 3. The van der Waals surface area contributed by atoms with Gasteiger partial charge in [0.25, 0.3) is 0 Å². The Hall–Kier alpha value is -0.0800. The summed E-state index contributed by atoms with van der Waals surface area (Å²) < 4.78 is 0. The summed E-state index contributed by atoms with van der Waals surface area (Å²) in [7, 11) is 0. The number of aliphatic hydroxyl groups is 1. The van der Waals surface area contributed by atoms with Crippen molar-refractivity contribution in [3.05, 3.63) is 0 Å². The molecule has 3 atom stereocenters. The highest BCUT2D eigenvalue weighted by molar-refractivity contribution is 4.81. The first-order chi connectivity index (χ1) is 8.24. The standard InChI is InChI=1S/C15H31NO/c1-3-4-5-7-10-13(2)16-14-11-8-6-9-12-15(14)17/h13-17H,3-12H2,1-2H3. The molecule has 2 heteroatoms. The Morgan fingerprint density at radius 3 is 2.65 bits per heavy atom. The van der Waals surface area contributed by atoms with E-state index >= 15 is 0 Å². The van der Waals surface area contributed by atoms with Gasteiger partial charge in [0.15, 0.2) is 0 Å². The maximum Gasteiger partial charge on any atom is 0.0693 e. The highest BCUT2D eigenvalue weighted by atomic mass is 16.3. The minimum Gasteiger partial charge on any atom is -0.392 e. The number of rotatable bonds is 7. The van der Waals surface area contributed by atoms with Crippen molar-refractivity contribution in [3.63, 3.8) is 0 Å². The van der Waals surface area contributed by atoms with Crippen molar-refractivity contribution in [3.8, 4) is 0 Å². The predicted octanol–water partition coefficient (Wildman–Crippen LogP) is 3.63. The molecule has 0 bridgehead atoms. The SMILES string of the molecule is CCCCCCC(C)NC1CCCCCC1O. The van der Waals surface area contributed by atoms with Gasteiger partial charge in [-0.1, -0.05) is 51.9 Å². The molecule has 1 saturated carbocycles. The Kier molecular flexibility index (Phi) is 7.87. The number of aliphatic hydroxyl groups excluding tert-OH is 1. The van der Waals surface area contributed by atoms with Crippen LogP contribution in [-0.4, -0.2) is 23.3 Å². The summed E-state index contributed by atoms with van der Waals surface area (Å²) in [4.78, 5) is 0. The van der Waals surface area contributed by atoms with Crippen LogP contribution in [0.4, 0.5) is 0 Å². The van der Waals surface area contributed by atoms with E-state index in [-0.39, 0.29) is 6.10 Å². The van der Waals surface area contributed by atoms with Gasteiger partial charge in [-0.25, -0.2) is 0 Å². The van der Waals surface area contributed by atoms with Gasteiger partial charge in [0.1, 0.15) is 0 Å². The lowest BCUT2D eigenvalue weighted by Gasteiger charge is -2.26. The maximum absolute atomic E-state index is 10.0. The summed E-state index contributed by atoms with van der Waals surface area (Å²) in [6.45, 7) is 4.52. The molecule has 3 unspecified atom stereocenters. The zero-order valence-corrected chi connectivity index (χ0v) is 11.8. The van der Waals surface area contributed by atoms with E-state index < -0.39 is 0 Å². The van der Waals surface area contributed by atoms with Gasteiger partial charge in [-0.3, -0.25) is 0 Å². The van der Waals surface area contributed by atoms with Crippen molar-refractivity contribution in [1.29, 1.82) is 0 Å². The zero-order chi connectivity index (χ0) is 12.5. The van der Waals surface area contributed by atoms with Crippen LogP contribution in [0.3, 0.4) is 0 Å². The van der Waals surface area contributed by atoms with Gasteiger partial charge in [0.05, 0.1) is 6.10 Å². The molecule has 0 amide bonds. The molecule has 1 rings (SSSR count). The summed E-state index contributed by atoms with van der Waals surface area (Å²) in [5.41, 5.74) is 0. The number of nitrogens with one attached hydrogen (secondary N) is 1. The monoisotopic (exact) mass is 241 g/mol. The van der Waals surface area contributed by atoms with Gasteiger partial charge in [0, 0.05) is 12.1 Å². The molecule has 0 saturated heterocycles. The van der Waals surface area contributed by atoms with E-state index in [0.717, 1.165) is 12.8 Å². The molecule has 0 spiro atoms. The third kappa shape index (κ3) is 6.42. The molecular formula is C15H31NO. The van der Waals surface area contributed by atoms with Crippen molar-refractivity contribution in [2.75, 3.05) is 0 Å². The number of hydrogen-bond acceptors (Lipinski definition) is 2. The third-order valence-corrected chi connectivity index (χ3v) is 3.97. The van der Waals surface area contributed by atoms with Crippen LogP contribution < -0.4 is 5.32 Å². The topological polar surface area (TPSA) is 32.3 Å². The summed E-state index contributed by atoms with van der Waals surface area (Å²) >= 11 is 0. The summed E-state index contributed by atoms with van der Waals surface area (Å²) in [5.74, 6) is 0. The lowest BCUT2D eigenvalue weighted by molar-refractivity contribution is 0.114. The first-order valence-electron chi connectivity index (χ1n) is 7.68. The van der Waals surface area contributed by atoms with E-state index in [0.29, 0.717) is 12.1 Å². The third-order valence-electron chi connectivity index (χ3n) is 3.97. The molecule has 0 aromatic carbocycles. The molecule has 2 N–H and O–H groups in total.